The highest BCUT2D eigenvalue weighted by Gasteiger charge is 2.10. The van der Waals surface area contributed by atoms with E-state index < -0.39 is 0 Å². The number of anilines is 2. The summed E-state index contributed by atoms with van der Waals surface area (Å²) < 4.78 is 4.93. The van der Waals surface area contributed by atoms with E-state index in [0.717, 1.165) is 18.8 Å². The molecular weight excluding hydrogens is 318 g/mol. The Hall–Kier alpha value is -2.89. The lowest BCUT2D eigenvalue weighted by Gasteiger charge is -2.20. The van der Waals surface area contributed by atoms with Crippen LogP contribution in [0.1, 0.15) is 41.6 Å². The third kappa shape index (κ3) is 4.79. The summed E-state index contributed by atoms with van der Waals surface area (Å²) in [6.07, 6.45) is 1.70. The van der Waals surface area contributed by atoms with Crippen LogP contribution in [-0.4, -0.2) is 36.6 Å². The summed E-state index contributed by atoms with van der Waals surface area (Å²) in [6.45, 7) is 8.00. The Morgan fingerprint density at radius 2 is 1.72 bits per heavy atom. The lowest BCUT2D eigenvalue weighted by molar-refractivity contribution is 0.0526. The first-order chi connectivity index (χ1) is 12.1. The number of amides is 1. The van der Waals surface area contributed by atoms with Crippen molar-refractivity contribution in [2.75, 3.05) is 29.9 Å². The van der Waals surface area contributed by atoms with E-state index in [1.807, 2.05) is 6.07 Å². The van der Waals surface area contributed by atoms with E-state index in [-0.39, 0.29) is 11.9 Å². The van der Waals surface area contributed by atoms with E-state index in [1.54, 1.807) is 43.5 Å². The van der Waals surface area contributed by atoms with Crippen LogP contribution in [0.3, 0.4) is 0 Å². The molecule has 1 heterocycles. The Kier molecular flexibility index (Phi) is 6.51. The van der Waals surface area contributed by atoms with Crippen molar-refractivity contribution in [2.24, 2.45) is 0 Å². The van der Waals surface area contributed by atoms with Gasteiger partial charge >= 0.3 is 5.97 Å². The van der Waals surface area contributed by atoms with E-state index in [4.69, 9.17) is 4.74 Å². The van der Waals surface area contributed by atoms with E-state index in [2.05, 4.69) is 29.0 Å². The van der Waals surface area contributed by atoms with Crippen molar-refractivity contribution >= 4 is 23.3 Å². The number of pyridine rings is 1. The minimum atomic E-state index is -0.381. The summed E-state index contributed by atoms with van der Waals surface area (Å²) in [7, 11) is 0. The predicted octanol–water partition coefficient (Wildman–Crippen LogP) is 3.36. The first-order valence-electron chi connectivity index (χ1n) is 8.38. The molecule has 2 aromatic rings. The van der Waals surface area contributed by atoms with E-state index in [1.165, 1.54) is 0 Å². The van der Waals surface area contributed by atoms with Gasteiger partial charge in [-0.3, -0.25) is 4.79 Å². The summed E-state index contributed by atoms with van der Waals surface area (Å²) in [5, 5.41) is 2.77. The first-order valence-corrected chi connectivity index (χ1v) is 8.38. The fourth-order valence-electron chi connectivity index (χ4n) is 2.40. The van der Waals surface area contributed by atoms with Crippen LogP contribution in [-0.2, 0) is 4.74 Å². The largest absolute Gasteiger partial charge is 0.462 e. The zero-order valence-electron chi connectivity index (χ0n) is 14.8. The van der Waals surface area contributed by atoms with E-state index in [0.29, 0.717) is 23.6 Å². The van der Waals surface area contributed by atoms with Gasteiger partial charge < -0.3 is 15.0 Å². The molecule has 0 fully saturated rings. The molecule has 0 aliphatic carbocycles. The Morgan fingerprint density at radius 3 is 2.24 bits per heavy atom. The molecule has 1 aromatic carbocycles. The van der Waals surface area contributed by atoms with E-state index >= 15 is 0 Å². The molecule has 1 aromatic heterocycles. The molecule has 25 heavy (non-hydrogen) atoms. The van der Waals surface area contributed by atoms with Crippen molar-refractivity contribution in [1.82, 2.24) is 4.98 Å². The van der Waals surface area contributed by atoms with Crippen molar-refractivity contribution < 1.29 is 14.3 Å². The van der Waals surface area contributed by atoms with Gasteiger partial charge in [0.05, 0.1) is 24.1 Å². The second kappa shape index (κ2) is 8.82. The van der Waals surface area contributed by atoms with Crippen molar-refractivity contribution in [3.8, 4) is 0 Å². The highest BCUT2D eigenvalue weighted by atomic mass is 16.5. The quantitative estimate of drug-likeness (QED) is 0.782. The van der Waals surface area contributed by atoms with Crippen molar-refractivity contribution in [3.63, 3.8) is 0 Å². The van der Waals surface area contributed by atoms with Crippen LogP contribution < -0.4 is 10.2 Å². The third-order valence-corrected chi connectivity index (χ3v) is 3.76. The molecule has 2 rings (SSSR count). The van der Waals surface area contributed by atoms with Gasteiger partial charge in [-0.15, -0.1) is 0 Å². The van der Waals surface area contributed by atoms with E-state index in [9.17, 15) is 9.59 Å². The molecular formula is C19H23N3O3. The predicted molar refractivity (Wildman–Crippen MR) is 98.1 cm³/mol. The molecule has 0 unspecified atom stereocenters. The number of hydrogen-bond acceptors (Lipinski definition) is 5. The fraction of sp³-hybridized carbons (Fsp3) is 0.316. The van der Waals surface area contributed by atoms with Crippen LogP contribution in [0.2, 0.25) is 0 Å². The van der Waals surface area contributed by atoms with Gasteiger partial charge in [-0.25, -0.2) is 9.78 Å². The highest BCUT2D eigenvalue weighted by Crippen LogP contribution is 2.15. The fourth-order valence-corrected chi connectivity index (χ4v) is 2.40. The van der Waals surface area contributed by atoms with Gasteiger partial charge in [0.2, 0.25) is 0 Å². The molecule has 132 valence electrons. The lowest BCUT2D eigenvalue weighted by Crippen LogP contribution is -2.22. The van der Waals surface area contributed by atoms with Crippen molar-refractivity contribution in [3.05, 3.63) is 53.9 Å². The normalized spacial score (nSPS) is 10.2. The van der Waals surface area contributed by atoms with Gasteiger partial charge in [0.25, 0.3) is 5.91 Å². The maximum absolute atomic E-state index is 12.3. The second-order valence-electron chi connectivity index (χ2n) is 5.33. The van der Waals surface area contributed by atoms with Crippen LogP contribution in [0.5, 0.6) is 0 Å². The topological polar surface area (TPSA) is 71.5 Å². The zero-order chi connectivity index (χ0) is 18.2. The maximum Gasteiger partial charge on any atom is 0.338 e. The number of nitrogens with zero attached hydrogens (tertiary/aromatic N) is 2. The molecule has 0 spiro atoms. The second-order valence-corrected chi connectivity index (χ2v) is 5.33. The van der Waals surface area contributed by atoms with Gasteiger partial charge in [0.15, 0.2) is 0 Å². The Labute approximate surface area is 147 Å². The number of aromatic nitrogens is 1. The lowest BCUT2D eigenvalue weighted by atomic mass is 10.2. The summed E-state index contributed by atoms with van der Waals surface area (Å²) in [5.41, 5.74) is 2.36. The average molecular weight is 341 g/mol. The Morgan fingerprint density at radius 1 is 1.04 bits per heavy atom. The smallest absolute Gasteiger partial charge is 0.338 e. The minimum absolute atomic E-state index is 0.296. The Bertz CT molecular complexity index is 708. The van der Waals surface area contributed by atoms with Gasteiger partial charge in [0, 0.05) is 18.8 Å². The molecule has 6 nitrogen and oxygen atoms in total. The SMILES string of the molecule is CCOC(=O)c1ccc(NC(=O)c2ccc(N(CC)CC)cn2)cc1. The first kappa shape index (κ1) is 18.4. The maximum atomic E-state index is 12.3. The van der Waals surface area contributed by atoms with Gasteiger partial charge in [0.1, 0.15) is 5.69 Å². The molecule has 0 radical (unpaired) electrons. The number of carbonyl (C=O) groups is 2. The van der Waals surface area contributed by atoms with Crippen LogP contribution in [0.15, 0.2) is 42.6 Å². The molecule has 6 heteroatoms. The summed E-state index contributed by atoms with van der Waals surface area (Å²) in [4.78, 5) is 30.3. The van der Waals surface area contributed by atoms with Crippen LogP contribution in [0.4, 0.5) is 11.4 Å². The van der Waals surface area contributed by atoms with Crippen molar-refractivity contribution in [2.45, 2.75) is 20.8 Å². The molecule has 0 aliphatic heterocycles. The molecule has 1 amide bonds. The van der Waals surface area contributed by atoms with Crippen LogP contribution in [0, 0.1) is 0 Å². The van der Waals surface area contributed by atoms with Crippen molar-refractivity contribution in [1.29, 1.82) is 0 Å². The number of rotatable bonds is 7. The average Bonchev–Trinajstić information content (AvgIpc) is 2.64. The van der Waals surface area contributed by atoms with Gasteiger partial charge in [-0.1, -0.05) is 0 Å². The molecule has 0 atom stereocenters. The molecule has 0 bridgehead atoms. The summed E-state index contributed by atoms with van der Waals surface area (Å²) in [6, 6.07) is 10.1. The van der Waals surface area contributed by atoms with Crippen LogP contribution >= 0.6 is 0 Å². The summed E-state index contributed by atoms with van der Waals surface area (Å²) in [5.74, 6) is -0.677. The zero-order valence-corrected chi connectivity index (χ0v) is 14.8. The minimum Gasteiger partial charge on any atom is -0.462 e. The standard InChI is InChI=1S/C19H23N3O3/c1-4-22(5-2)16-11-12-17(20-13-16)18(23)21-15-9-7-14(8-10-15)19(24)25-6-3/h7-13H,4-6H2,1-3H3,(H,21,23). The Balaban J connectivity index is 2.03. The number of benzene rings is 1. The highest BCUT2D eigenvalue weighted by molar-refractivity contribution is 6.03. The number of carbonyl (C=O) groups excluding carboxylic acids is 2. The third-order valence-electron chi connectivity index (χ3n) is 3.76. The molecule has 0 aliphatic rings. The molecule has 0 saturated carbocycles. The van der Waals surface area contributed by atoms with Crippen LogP contribution in [0.25, 0.3) is 0 Å². The number of ether oxygens (including phenoxy) is 1. The number of hydrogen-bond donors (Lipinski definition) is 1. The molecule has 1 N–H and O–H groups in total. The molecule has 0 saturated heterocycles. The number of esters is 1. The monoisotopic (exact) mass is 341 g/mol. The van der Waals surface area contributed by atoms with Gasteiger partial charge in [-0.2, -0.15) is 0 Å². The van der Waals surface area contributed by atoms with Gasteiger partial charge in [-0.05, 0) is 57.2 Å². The summed E-state index contributed by atoms with van der Waals surface area (Å²) >= 11 is 0. The number of nitrogens with one attached hydrogen (secondary N) is 1.